The highest BCUT2D eigenvalue weighted by atomic mass is 16.1. The third kappa shape index (κ3) is 2.65. The van der Waals surface area contributed by atoms with Gasteiger partial charge >= 0.3 is 0 Å². The van der Waals surface area contributed by atoms with Crippen molar-refractivity contribution >= 4 is 22.5 Å². The molecule has 4 rings (SSSR count). The van der Waals surface area contributed by atoms with Crippen LogP contribution in [-0.2, 0) is 6.54 Å². The standard InChI is InChI=1S/C19H19N5O/c1-13(2)23-11-9-14-15(6-5-7-16(14)23)19(25)20-12-18-22-21-17-8-3-4-10-24(17)18/h3-11,13H,12H2,1-2H3,(H,20,25). The normalized spacial score (nSPS) is 11.5. The summed E-state index contributed by atoms with van der Waals surface area (Å²) in [5, 5.41) is 12.2. The van der Waals surface area contributed by atoms with Gasteiger partial charge in [0, 0.05) is 34.9 Å². The average molecular weight is 333 g/mol. The van der Waals surface area contributed by atoms with E-state index in [1.165, 1.54) is 0 Å². The fourth-order valence-electron chi connectivity index (χ4n) is 3.10. The summed E-state index contributed by atoms with van der Waals surface area (Å²) in [6, 6.07) is 13.9. The summed E-state index contributed by atoms with van der Waals surface area (Å²) < 4.78 is 4.04. The lowest BCUT2D eigenvalue weighted by atomic mass is 10.1. The Morgan fingerprint density at radius 1 is 1.08 bits per heavy atom. The van der Waals surface area contributed by atoms with Crippen molar-refractivity contribution in [3.05, 3.63) is 66.2 Å². The van der Waals surface area contributed by atoms with Crippen LogP contribution in [0.2, 0.25) is 0 Å². The molecule has 0 bridgehead atoms. The lowest BCUT2D eigenvalue weighted by molar-refractivity contribution is 0.0951. The van der Waals surface area contributed by atoms with Gasteiger partial charge in [0.15, 0.2) is 11.5 Å². The van der Waals surface area contributed by atoms with Gasteiger partial charge in [0.25, 0.3) is 5.91 Å². The number of rotatable bonds is 4. The Morgan fingerprint density at radius 2 is 1.96 bits per heavy atom. The monoisotopic (exact) mass is 333 g/mol. The van der Waals surface area contributed by atoms with E-state index in [0.717, 1.165) is 16.6 Å². The molecule has 6 heteroatoms. The van der Waals surface area contributed by atoms with Gasteiger partial charge in [-0.05, 0) is 44.2 Å². The number of hydrogen-bond acceptors (Lipinski definition) is 3. The van der Waals surface area contributed by atoms with Gasteiger partial charge in [0.1, 0.15) is 0 Å². The van der Waals surface area contributed by atoms with Crippen LogP contribution in [0.1, 0.15) is 36.1 Å². The lowest BCUT2D eigenvalue weighted by Crippen LogP contribution is -2.24. The van der Waals surface area contributed by atoms with Crippen LogP contribution in [0.5, 0.6) is 0 Å². The number of hydrogen-bond donors (Lipinski definition) is 1. The van der Waals surface area contributed by atoms with Crippen LogP contribution in [0.15, 0.2) is 54.9 Å². The minimum absolute atomic E-state index is 0.111. The summed E-state index contributed by atoms with van der Waals surface area (Å²) in [7, 11) is 0. The predicted octanol–water partition coefficient (Wildman–Crippen LogP) is 3.19. The maximum atomic E-state index is 12.7. The van der Waals surface area contributed by atoms with E-state index in [4.69, 9.17) is 0 Å². The fourth-order valence-corrected chi connectivity index (χ4v) is 3.10. The van der Waals surface area contributed by atoms with Crippen molar-refractivity contribution in [1.82, 2.24) is 24.5 Å². The van der Waals surface area contributed by atoms with E-state index in [0.29, 0.717) is 24.0 Å². The van der Waals surface area contributed by atoms with Crippen molar-refractivity contribution in [2.24, 2.45) is 0 Å². The zero-order valence-corrected chi connectivity index (χ0v) is 14.2. The number of carbonyl (C=O) groups excluding carboxylic acids is 1. The van der Waals surface area contributed by atoms with Crippen molar-refractivity contribution in [2.75, 3.05) is 0 Å². The number of carbonyl (C=O) groups is 1. The molecule has 4 aromatic rings. The zero-order chi connectivity index (χ0) is 17.4. The Morgan fingerprint density at radius 3 is 2.80 bits per heavy atom. The molecule has 0 atom stereocenters. The Labute approximate surface area is 145 Å². The SMILES string of the molecule is CC(C)n1ccc2c(C(=O)NCc3nnc4ccccn34)cccc21. The number of nitrogens with zero attached hydrogens (tertiary/aromatic N) is 4. The maximum absolute atomic E-state index is 12.7. The van der Waals surface area contributed by atoms with Gasteiger partial charge in [-0.1, -0.05) is 12.1 Å². The number of aromatic nitrogens is 4. The predicted molar refractivity (Wildman–Crippen MR) is 96.5 cm³/mol. The van der Waals surface area contributed by atoms with Crippen molar-refractivity contribution < 1.29 is 4.79 Å². The van der Waals surface area contributed by atoms with Crippen LogP contribution in [0.4, 0.5) is 0 Å². The highest BCUT2D eigenvalue weighted by Gasteiger charge is 2.14. The first-order valence-corrected chi connectivity index (χ1v) is 8.31. The Hall–Kier alpha value is -3.15. The smallest absolute Gasteiger partial charge is 0.252 e. The summed E-state index contributed by atoms with van der Waals surface area (Å²) in [4.78, 5) is 12.7. The highest BCUT2D eigenvalue weighted by molar-refractivity contribution is 6.06. The molecule has 0 saturated heterocycles. The molecule has 1 aromatic carbocycles. The molecule has 0 fully saturated rings. The Balaban J connectivity index is 1.60. The number of amides is 1. The maximum Gasteiger partial charge on any atom is 0.252 e. The summed E-state index contributed by atoms with van der Waals surface area (Å²) in [5.41, 5.74) is 2.50. The largest absolute Gasteiger partial charge is 0.345 e. The molecule has 0 saturated carbocycles. The van der Waals surface area contributed by atoms with Crippen molar-refractivity contribution in [1.29, 1.82) is 0 Å². The van der Waals surface area contributed by atoms with E-state index < -0.39 is 0 Å². The van der Waals surface area contributed by atoms with Crippen molar-refractivity contribution in [3.63, 3.8) is 0 Å². The number of pyridine rings is 1. The van der Waals surface area contributed by atoms with Gasteiger partial charge in [0.2, 0.25) is 0 Å². The third-order valence-electron chi connectivity index (χ3n) is 4.36. The van der Waals surface area contributed by atoms with Crippen LogP contribution < -0.4 is 5.32 Å². The summed E-state index contributed by atoms with van der Waals surface area (Å²) in [6.07, 6.45) is 3.92. The zero-order valence-electron chi connectivity index (χ0n) is 14.2. The van der Waals surface area contributed by atoms with E-state index in [1.54, 1.807) is 0 Å². The molecule has 1 amide bonds. The first-order valence-electron chi connectivity index (χ1n) is 8.31. The molecule has 126 valence electrons. The number of fused-ring (bicyclic) bond motifs is 2. The molecule has 0 aliphatic heterocycles. The van der Waals surface area contributed by atoms with Crippen LogP contribution in [0.25, 0.3) is 16.6 Å². The molecule has 0 aliphatic rings. The molecular weight excluding hydrogens is 314 g/mol. The molecule has 1 N–H and O–H groups in total. The van der Waals surface area contributed by atoms with Crippen LogP contribution in [-0.4, -0.2) is 25.1 Å². The highest BCUT2D eigenvalue weighted by Crippen LogP contribution is 2.23. The third-order valence-corrected chi connectivity index (χ3v) is 4.36. The second kappa shape index (κ2) is 6.05. The number of nitrogens with one attached hydrogen (secondary N) is 1. The molecule has 0 spiro atoms. The Bertz CT molecular complexity index is 1060. The van der Waals surface area contributed by atoms with E-state index in [9.17, 15) is 4.79 Å². The average Bonchev–Trinajstić information content (AvgIpc) is 3.23. The van der Waals surface area contributed by atoms with E-state index in [2.05, 4.69) is 33.9 Å². The second-order valence-corrected chi connectivity index (χ2v) is 6.28. The minimum Gasteiger partial charge on any atom is -0.345 e. The van der Waals surface area contributed by atoms with Crippen LogP contribution in [0.3, 0.4) is 0 Å². The molecule has 0 unspecified atom stereocenters. The fraction of sp³-hybridized carbons (Fsp3) is 0.211. The van der Waals surface area contributed by atoms with Gasteiger partial charge in [0.05, 0.1) is 6.54 Å². The van der Waals surface area contributed by atoms with Gasteiger partial charge in [-0.25, -0.2) is 0 Å². The quantitative estimate of drug-likeness (QED) is 0.624. The van der Waals surface area contributed by atoms with Crippen molar-refractivity contribution in [3.8, 4) is 0 Å². The summed E-state index contributed by atoms with van der Waals surface area (Å²) in [6.45, 7) is 4.58. The first kappa shape index (κ1) is 15.4. The number of benzene rings is 1. The second-order valence-electron chi connectivity index (χ2n) is 6.28. The molecule has 3 heterocycles. The Kier molecular flexibility index (Phi) is 3.72. The summed E-state index contributed by atoms with van der Waals surface area (Å²) in [5.74, 6) is 0.593. The molecule has 6 nitrogen and oxygen atoms in total. The van der Waals surface area contributed by atoms with Crippen LogP contribution >= 0.6 is 0 Å². The van der Waals surface area contributed by atoms with Gasteiger partial charge < -0.3 is 9.88 Å². The van der Waals surface area contributed by atoms with Gasteiger partial charge in [-0.15, -0.1) is 10.2 Å². The minimum atomic E-state index is -0.111. The van der Waals surface area contributed by atoms with Crippen molar-refractivity contribution in [2.45, 2.75) is 26.4 Å². The summed E-state index contributed by atoms with van der Waals surface area (Å²) >= 11 is 0. The van der Waals surface area contributed by atoms with Gasteiger partial charge in [-0.2, -0.15) is 0 Å². The first-order chi connectivity index (χ1) is 12.1. The molecule has 25 heavy (non-hydrogen) atoms. The van der Waals surface area contributed by atoms with Crippen LogP contribution in [0, 0.1) is 0 Å². The van der Waals surface area contributed by atoms with Gasteiger partial charge in [-0.3, -0.25) is 9.20 Å². The van der Waals surface area contributed by atoms with E-state index in [-0.39, 0.29) is 5.91 Å². The molecular formula is C19H19N5O. The lowest BCUT2D eigenvalue weighted by Gasteiger charge is -2.10. The molecule has 0 aliphatic carbocycles. The molecule has 0 radical (unpaired) electrons. The van der Waals surface area contributed by atoms with E-state index in [1.807, 2.05) is 59.3 Å². The van der Waals surface area contributed by atoms with E-state index >= 15 is 0 Å². The topological polar surface area (TPSA) is 64.2 Å². The molecule has 3 aromatic heterocycles.